The molecule has 0 fully saturated rings. The molecule has 0 aliphatic rings. The van der Waals surface area contributed by atoms with Gasteiger partial charge in [-0.2, -0.15) is 0 Å². The first kappa shape index (κ1) is 13.3. The van der Waals surface area contributed by atoms with Crippen molar-refractivity contribution in [2.24, 2.45) is 0 Å². The molecule has 1 N–H and O–H groups in total. The Morgan fingerprint density at radius 3 is 1.86 bits per heavy atom. The second kappa shape index (κ2) is 10.3. The fourth-order valence-electron chi connectivity index (χ4n) is 0.822. The van der Waals surface area contributed by atoms with Crippen molar-refractivity contribution in [3.63, 3.8) is 0 Å². The van der Waals surface area contributed by atoms with Crippen LogP contribution < -0.4 is 9.55 Å². The first-order valence-electron chi connectivity index (χ1n) is 4.75. The molecule has 1 aromatic rings. The average molecular weight is 181 g/mol. The molecule has 14 heavy (non-hydrogen) atoms. The van der Waals surface area contributed by atoms with E-state index < -0.39 is 0 Å². The van der Waals surface area contributed by atoms with Crippen LogP contribution in [0.2, 0.25) is 0 Å². The van der Waals surface area contributed by atoms with Crippen molar-refractivity contribution in [3.05, 3.63) is 55.6 Å². The molecule has 70 valence electrons. The van der Waals surface area contributed by atoms with Crippen molar-refractivity contribution in [2.75, 3.05) is 13.1 Å². The molecule has 1 aromatic carbocycles. The third-order valence-corrected chi connectivity index (χ3v) is 1.52. The summed E-state index contributed by atoms with van der Waals surface area (Å²) in [5.74, 6) is 0. The van der Waals surface area contributed by atoms with Gasteiger partial charge in [-0.05, 0) is 0 Å². The third-order valence-electron chi connectivity index (χ3n) is 1.52. The van der Waals surface area contributed by atoms with Crippen LogP contribution in [0.25, 0.3) is 0 Å². The number of benzene rings is 1. The molecular formula is C12H16LiN. The minimum atomic E-state index is 0.867. The standard InChI is InChI=1S/C6H11N.C6H5.Li/c1-3-5-7-6-4-2;1-2-4-6-5-3-1;/h3-4,7H,1-2,5-6H2;1-5H;. The van der Waals surface area contributed by atoms with Crippen LogP contribution in [-0.2, 0) is 0 Å². The Morgan fingerprint density at radius 2 is 1.57 bits per heavy atom. The number of hydrogen-bond donors (Lipinski definition) is 1. The average Bonchev–Trinajstić information content (AvgIpc) is 2.21. The zero-order valence-corrected chi connectivity index (χ0v) is 8.87. The molecule has 0 saturated heterocycles. The number of nitrogens with one attached hydrogen (secondary N) is 1. The maximum absolute atomic E-state index is 3.54. The molecule has 0 spiro atoms. The number of rotatable bonds is 4. The van der Waals surface area contributed by atoms with Gasteiger partial charge in [-0.3, -0.25) is 0 Å². The Labute approximate surface area is 96.1 Å². The predicted molar refractivity (Wildman–Crippen MR) is 65.1 cm³/mol. The predicted octanol–water partition coefficient (Wildman–Crippen LogP) is 1.43. The second-order valence-electron chi connectivity index (χ2n) is 2.89. The van der Waals surface area contributed by atoms with E-state index in [2.05, 4.69) is 48.3 Å². The van der Waals surface area contributed by atoms with E-state index in [1.54, 1.807) is 0 Å². The summed E-state index contributed by atoms with van der Waals surface area (Å²) in [6.07, 6.45) is 3.65. The van der Waals surface area contributed by atoms with Gasteiger partial charge in [0.25, 0.3) is 0 Å². The first-order chi connectivity index (χ1) is 6.81. The third kappa shape index (κ3) is 9.35. The Morgan fingerprint density at radius 1 is 1.07 bits per heavy atom. The first-order valence-corrected chi connectivity index (χ1v) is 4.75. The van der Waals surface area contributed by atoms with Gasteiger partial charge >= 0.3 is 52.3 Å². The zero-order chi connectivity index (χ0) is 10.6. The summed E-state index contributed by atoms with van der Waals surface area (Å²) >= 11 is 2.08. The fourth-order valence-corrected chi connectivity index (χ4v) is 0.822. The van der Waals surface area contributed by atoms with E-state index in [9.17, 15) is 0 Å². The van der Waals surface area contributed by atoms with Crippen LogP contribution in [-0.4, -0.2) is 30.8 Å². The van der Waals surface area contributed by atoms with Gasteiger partial charge in [-0.1, -0.05) is 12.2 Å². The number of hydrogen-bond acceptors (Lipinski definition) is 1. The van der Waals surface area contributed by atoms with Gasteiger partial charge in [0.05, 0.1) is 0 Å². The maximum atomic E-state index is 3.54. The topological polar surface area (TPSA) is 12.0 Å². The van der Waals surface area contributed by atoms with E-state index in [1.165, 1.54) is 4.24 Å². The summed E-state index contributed by atoms with van der Waals surface area (Å²) in [7, 11) is 0. The van der Waals surface area contributed by atoms with Gasteiger partial charge < -0.3 is 5.32 Å². The van der Waals surface area contributed by atoms with Gasteiger partial charge in [0.1, 0.15) is 0 Å². The molecule has 0 saturated carbocycles. The van der Waals surface area contributed by atoms with Crippen LogP contribution in [0.4, 0.5) is 0 Å². The Hall–Kier alpha value is -0.743. The molecule has 0 atom stereocenters. The second-order valence-corrected chi connectivity index (χ2v) is 2.89. The van der Waals surface area contributed by atoms with Crippen molar-refractivity contribution in [1.82, 2.24) is 5.32 Å². The summed E-state index contributed by atoms with van der Waals surface area (Å²) in [6.45, 7) is 8.81. The van der Waals surface area contributed by atoms with Crippen molar-refractivity contribution in [2.45, 2.75) is 0 Å². The van der Waals surface area contributed by atoms with Crippen LogP contribution in [0.15, 0.2) is 55.6 Å². The van der Waals surface area contributed by atoms with Gasteiger partial charge in [0.2, 0.25) is 0 Å². The van der Waals surface area contributed by atoms with Crippen molar-refractivity contribution >= 4 is 22.0 Å². The molecule has 0 radical (unpaired) electrons. The summed E-state index contributed by atoms with van der Waals surface area (Å²) in [4.78, 5) is 0. The van der Waals surface area contributed by atoms with E-state index in [0.29, 0.717) is 0 Å². The van der Waals surface area contributed by atoms with Gasteiger partial charge in [0, 0.05) is 13.1 Å². The molecular weight excluding hydrogens is 165 g/mol. The summed E-state index contributed by atoms with van der Waals surface area (Å²) in [5.41, 5.74) is 0. The summed E-state index contributed by atoms with van der Waals surface area (Å²) < 4.78 is 1.32. The van der Waals surface area contributed by atoms with Gasteiger partial charge in [0.15, 0.2) is 0 Å². The van der Waals surface area contributed by atoms with E-state index in [0.717, 1.165) is 13.1 Å². The molecule has 0 heterocycles. The molecule has 2 heteroatoms. The van der Waals surface area contributed by atoms with Crippen molar-refractivity contribution in [3.8, 4) is 0 Å². The summed E-state index contributed by atoms with van der Waals surface area (Å²) in [6, 6.07) is 10.3. The van der Waals surface area contributed by atoms with Gasteiger partial charge in [-0.25, -0.2) is 0 Å². The van der Waals surface area contributed by atoms with E-state index in [1.807, 2.05) is 30.4 Å². The Bertz CT molecular complexity index is 236. The minimum absolute atomic E-state index is 0.867. The van der Waals surface area contributed by atoms with Gasteiger partial charge in [-0.15, -0.1) is 13.2 Å². The van der Waals surface area contributed by atoms with E-state index in [4.69, 9.17) is 0 Å². The van der Waals surface area contributed by atoms with Crippen LogP contribution >= 0.6 is 0 Å². The molecule has 0 bridgehead atoms. The SMILES string of the molecule is C=CCNCC=C.[Li][c]1ccccc1. The van der Waals surface area contributed by atoms with Crippen LogP contribution in [0.3, 0.4) is 0 Å². The molecule has 0 unspecified atom stereocenters. The normalized spacial score (nSPS) is 8.43. The summed E-state index contributed by atoms with van der Waals surface area (Å²) in [5, 5.41) is 3.05. The van der Waals surface area contributed by atoms with Crippen LogP contribution in [0, 0.1) is 0 Å². The molecule has 0 aliphatic heterocycles. The molecule has 1 nitrogen and oxygen atoms in total. The van der Waals surface area contributed by atoms with Crippen molar-refractivity contribution in [1.29, 1.82) is 0 Å². The monoisotopic (exact) mass is 181 g/mol. The van der Waals surface area contributed by atoms with E-state index >= 15 is 0 Å². The molecule has 0 aromatic heterocycles. The molecule has 0 amide bonds. The van der Waals surface area contributed by atoms with Crippen LogP contribution in [0.1, 0.15) is 0 Å². The van der Waals surface area contributed by atoms with E-state index in [-0.39, 0.29) is 0 Å². The Kier molecular flexibility index (Phi) is 9.79. The molecule has 1 rings (SSSR count). The zero-order valence-electron chi connectivity index (χ0n) is 8.87. The van der Waals surface area contributed by atoms with Crippen LogP contribution in [0.5, 0.6) is 0 Å². The quantitative estimate of drug-likeness (QED) is 0.421. The van der Waals surface area contributed by atoms with Crippen molar-refractivity contribution < 1.29 is 0 Å². The molecule has 0 aliphatic carbocycles. The Balaban J connectivity index is 0.000000241. The fraction of sp³-hybridized carbons (Fsp3) is 0.167.